The number of methoxy groups -OCH3 is 2. The van der Waals surface area contributed by atoms with Crippen LogP contribution in [0, 0.1) is 0 Å². The molecule has 3 N–H and O–H groups in total. The molecule has 1 amide bonds. The Morgan fingerprint density at radius 3 is 2.60 bits per heavy atom. The van der Waals surface area contributed by atoms with Crippen LogP contribution in [0.25, 0.3) is 11.2 Å². The van der Waals surface area contributed by atoms with Gasteiger partial charge >= 0.3 is 0 Å². The number of ether oxygens (including phenoxy) is 2. The first kappa shape index (κ1) is 16.5. The van der Waals surface area contributed by atoms with Crippen LogP contribution in [0.3, 0.4) is 0 Å². The second-order valence-corrected chi connectivity index (χ2v) is 5.15. The standard InChI is InChI=1S/C16H18N6O3/c1-24-11-5-10(6-12(7-11)25-2)22-13(23)3-4-17-15-14-16(19-8-18-14)21-9-20-15/h5-9H,3-4H2,1-2H3,(H,22,23)(H2,17,18,19,20,21). The van der Waals surface area contributed by atoms with Crippen molar-refractivity contribution in [1.82, 2.24) is 19.9 Å². The van der Waals surface area contributed by atoms with Crippen LogP contribution in [0.2, 0.25) is 0 Å². The van der Waals surface area contributed by atoms with Gasteiger partial charge in [-0.25, -0.2) is 15.0 Å². The third-order valence-corrected chi connectivity index (χ3v) is 3.50. The fourth-order valence-electron chi connectivity index (χ4n) is 2.30. The summed E-state index contributed by atoms with van der Waals surface area (Å²) in [6, 6.07) is 5.20. The molecule has 2 aromatic heterocycles. The summed E-state index contributed by atoms with van der Waals surface area (Å²) in [5.74, 6) is 1.68. The van der Waals surface area contributed by atoms with Crippen molar-refractivity contribution >= 4 is 28.6 Å². The van der Waals surface area contributed by atoms with Crippen LogP contribution < -0.4 is 20.1 Å². The van der Waals surface area contributed by atoms with E-state index in [1.54, 1.807) is 38.7 Å². The maximum atomic E-state index is 12.1. The van der Waals surface area contributed by atoms with Crippen LogP contribution in [0.5, 0.6) is 11.5 Å². The molecule has 0 saturated carbocycles. The van der Waals surface area contributed by atoms with E-state index in [4.69, 9.17) is 9.47 Å². The smallest absolute Gasteiger partial charge is 0.226 e. The van der Waals surface area contributed by atoms with E-state index in [0.717, 1.165) is 0 Å². The fourth-order valence-corrected chi connectivity index (χ4v) is 2.30. The lowest BCUT2D eigenvalue weighted by Gasteiger charge is -2.10. The molecule has 9 nitrogen and oxygen atoms in total. The van der Waals surface area contributed by atoms with E-state index in [0.29, 0.717) is 40.7 Å². The number of benzene rings is 1. The summed E-state index contributed by atoms with van der Waals surface area (Å²) in [7, 11) is 3.12. The molecule has 0 atom stereocenters. The molecule has 0 radical (unpaired) electrons. The van der Waals surface area contributed by atoms with E-state index < -0.39 is 0 Å². The van der Waals surface area contributed by atoms with E-state index in [2.05, 4.69) is 30.6 Å². The number of nitrogens with one attached hydrogen (secondary N) is 3. The van der Waals surface area contributed by atoms with Crippen LogP contribution >= 0.6 is 0 Å². The molecule has 0 fully saturated rings. The van der Waals surface area contributed by atoms with Crippen molar-refractivity contribution in [2.75, 3.05) is 31.4 Å². The molecule has 0 aliphatic heterocycles. The molecule has 25 heavy (non-hydrogen) atoms. The minimum absolute atomic E-state index is 0.141. The number of rotatable bonds is 7. The number of hydrogen-bond donors (Lipinski definition) is 3. The lowest BCUT2D eigenvalue weighted by atomic mass is 10.2. The number of hydrogen-bond acceptors (Lipinski definition) is 7. The molecule has 3 aromatic rings. The van der Waals surface area contributed by atoms with Gasteiger partial charge in [-0.1, -0.05) is 0 Å². The summed E-state index contributed by atoms with van der Waals surface area (Å²) < 4.78 is 10.4. The SMILES string of the molecule is COc1cc(NC(=O)CCNc2ncnc3nc[nH]c23)cc(OC)c1. The second-order valence-electron chi connectivity index (χ2n) is 5.15. The summed E-state index contributed by atoms with van der Waals surface area (Å²) >= 11 is 0. The van der Waals surface area contributed by atoms with Crippen molar-refractivity contribution < 1.29 is 14.3 Å². The Bertz CT molecular complexity index is 857. The van der Waals surface area contributed by atoms with Gasteiger partial charge < -0.3 is 25.1 Å². The van der Waals surface area contributed by atoms with Crippen LogP contribution in [0.1, 0.15) is 6.42 Å². The molecule has 0 spiro atoms. The molecule has 3 rings (SSSR count). The van der Waals surface area contributed by atoms with Gasteiger partial charge in [0.2, 0.25) is 5.91 Å². The minimum atomic E-state index is -0.141. The molecule has 9 heteroatoms. The first-order valence-corrected chi connectivity index (χ1v) is 7.60. The van der Waals surface area contributed by atoms with Gasteiger partial charge in [0, 0.05) is 36.9 Å². The first-order chi connectivity index (χ1) is 12.2. The number of aromatic nitrogens is 4. The van der Waals surface area contributed by atoms with Gasteiger partial charge in [0.05, 0.1) is 20.5 Å². The monoisotopic (exact) mass is 342 g/mol. The molecule has 0 aliphatic carbocycles. The van der Waals surface area contributed by atoms with Crippen LogP contribution in [-0.4, -0.2) is 46.6 Å². The fraction of sp³-hybridized carbons (Fsp3) is 0.250. The molecular formula is C16H18N6O3. The Hall–Kier alpha value is -3.36. The van der Waals surface area contributed by atoms with E-state index in [9.17, 15) is 4.79 Å². The highest BCUT2D eigenvalue weighted by Crippen LogP contribution is 2.25. The Morgan fingerprint density at radius 1 is 1.12 bits per heavy atom. The Balaban J connectivity index is 1.57. The molecule has 0 saturated heterocycles. The average molecular weight is 342 g/mol. The molecule has 0 unspecified atom stereocenters. The average Bonchev–Trinajstić information content (AvgIpc) is 3.11. The van der Waals surface area contributed by atoms with Gasteiger partial charge in [-0.2, -0.15) is 0 Å². The van der Waals surface area contributed by atoms with Gasteiger partial charge in [-0.15, -0.1) is 0 Å². The predicted octanol–water partition coefficient (Wildman–Crippen LogP) is 1.81. The van der Waals surface area contributed by atoms with E-state index >= 15 is 0 Å². The maximum absolute atomic E-state index is 12.1. The lowest BCUT2D eigenvalue weighted by molar-refractivity contribution is -0.115. The number of anilines is 2. The number of fused-ring (bicyclic) bond motifs is 1. The summed E-state index contributed by atoms with van der Waals surface area (Å²) in [4.78, 5) is 27.3. The third kappa shape index (κ3) is 3.94. The van der Waals surface area contributed by atoms with Gasteiger partial charge in [-0.05, 0) is 0 Å². The predicted molar refractivity (Wildman–Crippen MR) is 93.0 cm³/mol. The maximum Gasteiger partial charge on any atom is 0.226 e. The minimum Gasteiger partial charge on any atom is -0.497 e. The molecule has 0 bridgehead atoms. The van der Waals surface area contributed by atoms with Crippen molar-refractivity contribution in [3.05, 3.63) is 30.9 Å². The number of carbonyl (C=O) groups is 1. The number of H-pyrrole nitrogens is 1. The van der Waals surface area contributed by atoms with Crippen LogP contribution in [0.4, 0.5) is 11.5 Å². The van der Waals surface area contributed by atoms with Gasteiger partial charge in [0.1, 0.15) is 23.3 Å². The summed E-state index contributed by atoms with van der Waals surface area (Å²) in [5.41, 5.74) is 1.89. The number of nitrogens with zero attached hydrogens (tertiary/aromatic N) is 3. The van der Waals surface area contributed by atoms with Crippen molar-refractivity contribution in [2.45, 2.75) is 6.42 Å². The van der Waals surface area contributed by atoms with E-state index in [1.807, 2.05) is 0 Å². The molecule has 1 aromatic carbocycles. The third-order valence-electron chi connectivity index (χ3n) is 3.50. The number of imidazole rings is 1. The lowest BCUT2D eigenvalue weighted by Crippen LogP contribution is -2.16. The van der Waals surface area contributed by atoms with Crippen molar-refractivity contribution in [3.63, 3.8) is 0 Å². The molecule has 2 heterocycles. The van der Waals surface area contributed by atoms with Gasteiger partial charge in [-0.3, -0.25) is 4.79 Å². The van der Waals surface area contributed by atoms with Crippen molar-refractivity contribution in [2.24, 2.45) is 0 Å². The first-order valence-electron chi connectivity index (χ1n) is 7.60. The molecule has 0 aliphatic rings. The van der Waals surface area contributed by atoms with E-state index in [-0.39, 0.29) is 12.3 Å². The topological polar surface area (TPSA) is 114 Å². The van der Waals surface area contributed by atoms with Crippen LogP contribution in [-0.2, 0) is 4.79 Å². The summed E-state index contributed by atoms with van der Waals surface area (Å²) in [5, 5.41) is 5.92. The highest BCUT2D eigenvalue weighted by molar-refractivity contribution is 5.91. The second kappa shape index (κ2) is 7.47. The zero-order valence-electron chi connectivity index (χ0n) is 13.9. The number of aromatic amines is 1. The van der Waals surface area contributed by atoms with Crippen molar-refractivity contribution in [3.8, 4) is 11.5 Å². The highest BCUT2D eigenvalue weighted by Gasteiger charge is 2.08. The van der Waals surface area contributed by atoms with E-state index in [1.165, 1.54) is 6.33 Å². The zero-order valence-corrected chi connectivity index (χ0v) is 13.9. The Kier molecular flexibility index (Phi) is 4.93. The summed E-state index contributed by atoms with van der Waals surface area (Å²) in [6.45, 7) is 0.415. The number of amides is 1. The van der Waals surface area contributed by atoms with Gasteiger partial charge in [0.15, 0.2) is 11.5 Å². The zero-order chi connectivity index (χ0) is 17.6. The Labute approximate surface area is 143 Å². The molecule has 130 valence electrons. The normalized spacial score (nSPS) is 10.5. The summed E-state index contributed by atoms with van der Waals surface area (Å²) in [6.07, 6.45) is 3.24. The van der Waals surface area contributed by atoms with Crippen LogP contribution in [0.15, 0.2) is 30.9 Å². The number of carbonyl (C=O) groups excluding carboxylic acids is 1. The largest absolute Gasteiger partial charge is 0.497 e. The molecular weight excluding hydrogens is 324 g/mol. The Morgan fingerprint density at radius 2 is 1.88 bits per heavy atom. The quantitative estimate of drug-likeness (QED) is 0.600. The van der Waals surface area contributed by atoms with Gasteiger partial charge in [0.25, 0.3) is 0 Å². The highest BCUT2D eigenvalue weighted by atomic mass is 16.5. The van der Waals surface area contributed by atoms with Crippen molar-refractivity contribution in [1.29, 1.82) is 0 Å².